The molecule has 0 bridgehead atoms. The lowest BCUT2D eigenvalue weighted by Crippen LogP contribution is -2.47. The number of benzene rings is 1. The Balaban J connectivity index is 2.01. The smallest absolute Gasteiger partial charge is 0.251 e. The fourth-order valence-corrected chi connectivity index (χ4v) is 4.07. The number of piperazine rings is 1. The lowest BCUT2D eigenvalue weighted by Gasteiger charge is -2.31. The summed E-state index contributed by atoms with van der Waals surface area (Å²) in [7, 11) is -1.59. The second kappa shape index (κ2) is 9.28. The van der Waals surface area contributed by atoms with Gasteiger partial charge < -0.3 is 15.0 Å². The van der Waals surface area contributed by atoms with E-state index in [1.54, 1.807) is 18.2 Å². The van der Waals surface area contributed by atoms with E-state index in [0.717, 1.165) is 6.42 Å². The van der Waals surface area contributed by atoms with Gasteiger partial charge in [0.15, 0.2) is 0 Å². The average molecular weight is 369 g/mol. The number of ether oxygens (including phenoxy) is 1. The van der Waals surface area contributed by atoms with E-state index in [2.05, 4.69) is 10.2 Å². The van der Waals surface area contributed by atoms with Gasteiger partial charge in [0.25, 0.3) is 5.91 Å². The third-order valence-electron chi connectivity index (χ3n) is 4.15. The summed E-state index contributed by atoms with van der Waals surface area (Å²) in [4.78, 5) is 14.5. The van der Waals surface area contributed by atoms with E-state index in [1.807, 2.05) is 14.0 Å². The molecule has 0 aliphatic carbocycles. The van der Waals surface area contributed by atoms with E-state index < -0.39 is 10.0 Å². The number of rotatable bonds is 8. The quantitative estimate of drug-likeness (QED) is 0.685. The van der Waals surface area contributed by atoms with E-state index in [1.165, 1.54) is 10.4 Å². The van der Waals surface area contributed by atoms with E-state index in [4.69, 9.17) is 4.74 Å². The predicted molar refractivity (Wildman–Crippen MR) is 96.1 cm³/mol. The molecule has 1 amide bonds. The van der Waals surface area contributed by atoms with Crippen LogP contribution in [-0.4, -0.2) is 76.5 Å². The van der Waals surface area contributed by atoms with E-state index >= 15 is 0 Å². The topological polar surface area (TPSA) is 78.9 Å². The van der Waals surface area contributed by atoms with Crippen LogP contribution in [0.4, 0.5) is 0 Å². The third kappa shape index (κ3) is 5.50. The number of carbonyl (C=O) groups is 1. The molecule has 1 fully saturated rings. The molecule has 0 radical (unpaired) electrons. The fourth-order valence-electron chi connectivity index (χ4n) is 2.60. The first-order chi connectivity index (χ1) is 11.9. The van der Waals surface area contributed by atoms with Crippen molar-refractivity contribution >= 4 is 15.9 Å². The third-order valence-corrected chi connectivity index (χ3v) is 6.05. The minimum Gasteiger partial charge on any atom is -0.382 e. The largest absolute Gasteiger partial charge is 0.382 e. The molecule has 1 saturated heterocycles. The summed E-state index contributed by atoms with van der Waals surface area (Å²) in [6.07, 6.45) is 0.721. The Kier molecular flexibility index (Phi) is 7.37. The number of carbonyl (C=O) groups excluding carboxylic acids is 1. The van der Waals surface area contributed by atoms with Crippen LogP contribution < -0.4 is 5.32 Å². The lowest BCUT2D eigenvalue weighted by molar-refractivity contribution is 0.0944. The van der Waals surface area contributed by atoms with Crippen molar-refractivity contribution in [1.29, 1.82) is 0 Å². The molecule has 1 heterocycles. The minimum atomic E-state index is -3.57. The molecule has 1 aromatic carbocycles. The molecule has 0 aromatic heterocycles. The van der Waals surface area contributed by atoms with Crippen molar-refractivity contribution in [3.05, 3.63) is 29.8 Å². The Morgan fingerprint density at radius 3 is 2.64 bits per heavy atom. The van der Waals surface area contributed by atoms with Crippen molar-refractivity contribution in [3.63, 3.8) is 0 Å². The molecule has 0 spiro atoms. The Bertz CT molecular complexity index is 670. The normalized spacial score (nSPS) is 16.7. The van der Waals surface area contributed by atoms with Crippen molar-refractivity contribution < 1.29 is 17.9 Å². The van der Waals surface area contributed by atoms with Gasteiger partial charge in [-0.25, -0.2) is 8.42 Å². The second-order valence-electron chi connectivity index (χ2n) is 6.04. The predicted octanol–water partition coefficient (Wildman–Crippen LogP) is 0.779. The lowest BCUT2D eigenvalue weighted by atomic mass is 10.2. The Morgan fingerprint density at radius 1 is 1.24 bits per heavy atom. The molecule has 1 aliphatic rings. The van der Waals surface area contributed by atoms with Crippen molar-refractivity contribution in [2.75, 3.05) is 53.0 Å². The average Bonchev–Trinajstić information content (AvgIpc) is 2.62. The highest BCUT2D eigenvalue weighted by Crippen LogP contribution is 2.18. The summed E-state index contributed by atoms with van der Waals surface area (Å²) in [6, 6.07) is 6.23. The van der Waals surface area contributed by atoms with E-state index in [0.29, 0.717) is 51.5 Å². The number of likely N-dealkylation sites (N-methyl/N-ethyl adjacent to an activating group) is 1. The molecule has 0 unspecified atom stereocenters. The van der Waals surface area contributed by atoms with Crippen LogP contribution in [0.1, 0.15) is 23.7 Å². The Labute approximate surface area is 150 Å². The fraction of sp³-hybridized carbons (Fsp3) is 0.588. The zero-order valence-electron chi connectivity index (χ0n) is 14.9. The standard InChI is InChI=1S/C17H27N3O4S/c1-3-24-13-5-8-18-17(21)15-6-4-7-16(14-15)25(22,23)20-11-9-19(2)10-12-20/h4,6-7,14H,3,5,8-13H2,1-2H3,(H,18,21). The van der Waals surface area contributed by atoms with Crippen LogP contribution in [0.15, 0.2) is 29.2 Å². The highest BCUT2D eigenvalue weighted by molar-refractivity contribution is 7.89. The summed E-state index contributed by atoms with van der Waals surface area (Å²) in [5.74, 6) is -0.271. The van der Waals surface area contributed by atoms with Crippen molar-refractivity contribution in [3.8, 4) is 0 Å². The number of nitrogens with zero attached hydrogens (tertiary/aromatic N) is 2. The molecule has 2 rings (SSSR count). The van der Waals surface area contributed by atoms with Crippen molar-refractivity contribution in [1.82, 2.24) is 14.5 Å². The Morgan fingerprint density at radius 2 is 1.96 bits per heavy atom. The molecular formula is C17H27N3O4S. The molecule has 7 nitrogen and oxygen atoms in total. The number of amides is 1. The maximum absolute atomic E-state index is 12.8. The van der Waals surface area contributed by atoms with Crippen LogP contribution in [0.3, 0.4) is 0 Å². The minimum absolute atomic E-state index is 0.166. The van der Waals surface area contributed by atoms with Gasteiger partial charge in [-0.3, -0.25) is 4.79 Å². The number of hydrogen-bond acceptors (Lipinski definition) is 5. The molecular weight excluding hydrogens is 342 g/mol. The van der Waals surface area contributed by atoms with Gasteiger partial charge in [0, 0.05) is 51.5 Å². The van der Waals surface area contributed by atoms with Crippen LogP contribution in [0.25, 0.3) is 0 Å². The first kappa shape index (κ1) is 19.8. The van der Waals surface area contributed by atoms with Gasteiger partial charge in [0.05, 0.1) is 4.90 Å². The van der Waals surface area contributed by atoms with Gasteiger partial charge in [-0.15, -0.1) is 0 Å². The van der Waals surface area contributed by atoms with Gasteiger partial charge in [-0.1, -0.05) is 6.07 Å². The number of hydrogen-bond donors (Lipinski definition) is 1. The summed E-state index contributed by atoms with van der Waals surface area (Å²) in [5.41, 5.74) is 0.353. The highest BCUT2D eigenvalue weighted by atomic mass is 32.2. The van der Waals surface area contributed by atoms with Gasteiger partial charge in [-0.2, -0.15) is 4.31 Å². The monoisotopic (exact) mass is 369 g/mol. The second-order valence-corrected chi connectivity index (χ2v) is 7.98. The molecule has 140 valence electrons. The molecule has 0 saturated carbocycles. The summed E-state index contributed by atoms with van der Waals surface area (Å²) in [5, 5.41) is 2.79. The number of nitrogens with one attached hydrogen (secondary N) is 1. The maximum Gasteiger partial charge on any atom is 0.251 e. The summed E-state index contributed by atoms with van der Waals surface area (Å²) < 4.78 is 32.2. The van der Waals surface area contributed by atoms with Gasteiger partial charge in [0.2, 0.25) is 10.0 Å². The molecule has 1 N–H and O–H groups in total. The van der Waals surface area contributed by atoms with Gasteiger partial charge in [0.1, 0.15) is 0 Å². The van der Waals surface area contributed by atoms with Crippen molar-refractivity contribution in [2.24, 2.45) is 0 Å². The first-order valence-electron chi connectivity index (χ1n) is 8.60. The Hall–Kier alpha value is -1.48. The van der Waals surface area contributed by atoms with Crippen LogP contribution >= 0.6 is 0 Å². The zero-order chi connectivity index (χ0) is 18.3. The summed E-state index contributed by atoms with van der Waals surface area (Å²) in [6.45, 7) is 6.01. The molecule has 0 atom stereocenters. The zero-order valence-corrected chi connectivity index (χ0v) is 15.7. The molecule has 1 aliphatic heterocycles. The molecule has 8 heteroatoms. The molecule has 1 aromatic rings. The van der Waals surface area contributed by atoms with Crippen LogP contribution in [0, 0.1) is 0 Å². The summed E-state index contributed by atoms with van der Waals surface area (Å²) >= 11 is 0. The SMILES string of the molecule is CCOCCCNC(=O)c1cccc(S(=O)(=O)N2CCN(C)CC2)c1. The highest BCUT2D eigenvalue weighted by Gasteiger charge is 2.27. The van der Waals surface area contributed by atoms with Crippen LogP contribution in [0.5, 0.6) is 0 Å². The van der Waals surface area contributed by atoms with Crippen LogP contribution in [0.2, 0.25) is 0 Å². The maximum atomic E-state index is 12.8. The van der Waals surface area contributed by atoms with Crippen LogP contribution in [-0.2, 0) is 14.8 Å². The van der Waals surface area contributed by atoms with Gasteiger partial charge >= 0.3 is 0 Å². The molecule has 25 heavy (non-hydrogen) atoms. The first-order valence-corrected chi connectivity index (χ1v) is 10.0. The number of sulfonamides is 1. The van der Waals surface area contributed by atoms with E-state index in [-0.39, 0.29) is 10.8 Å². The van der Waals surface area contributed by atoms with E-state index in [9.17, 15) is 13.2 Å². The van der Waals surface area contributed by atoms with Crippen molar-refractivity contribution in [2.45, 2.75) is 18.2 Å². The van der Waals surface area contributed by atoms with Gasteiger partial charge in [-0.05, 0) is 38.6 Å².